The summed E-state index contributed by atoms with van der Waals surface area (Å²) in [7, 11) is 0. The second-order valence-corrected chi connectivity index (χ2v) is 4.00. The Morgan fingerprint density at radius 3 is 2.61 bits per heavy atom. The van der Waals surface area contributed by atoms with Gasteiger partial charge in [0.2, 0.25) is 0 Å². The minimum Gasteiger partial charge on any atom is -0.486 e. The first-order valence-electron chi connectivity index (χ1n) is 5.12. The van der Waals surface area contributed by atoms with Crippen LogP contribution in [0.1, 0.15) is 11.5 Å². The van der Waals surface area contributed by atoms with Gasteiger partial charge in [0.15, 0.2) is 17.5 Å². The minimum atomic E-state index is -0.962. The van der Waals surface area contributed by atoms with Gasteiger partial charge >= 0.3 is 0 Å². The largest absolute Gasteiger partial charge is 0.486 e. The van der Waals surface area contributed by atoms with Crippen molar-refractivity contribution in [3.05, 3.63) is 52.6 Å². The van der Waals surface area contributed by atoms with Crippen molar-refractivity contribution >= 4 is 11.6 Å². The number of hydrogen-bond donors (Lipinski definition) is 0. The van der Waals surface area contributed by atoms with Gasteiger partial charge in [-0.2, -0.15) is 0 Å². The lowest BCUT2D eigenvalue weighted by atomic mass is 10.3. The molecule has 2 aromatic rings. The van der Waals surface area contributed by atoms with Crippen LogP contribution in [0.5, 0.6) is 5.75 Å². The molecule has 2 rings (SSSR count). The van der Waals surface area contributed by atoms with Crippen LogP contribution in [0, 0.1) is 18.6 Å². The van der Waals surface area contributed by atoms with Gasteiger partial charge in [0, 0.05) is 11.8 Å². The summed E-state index contributed by atoms with van der Waals surface area (Å²) >= 11 is 5.76. The van der Waals surface area contributed by atoms with Gasteiger partial charge in [-0.15, -0.1) is 0 Å². The molecule has 0 saturated carbocycles. The molecule has 0 bridgehead atoms. The average molecular weight is 271 g/mol. The molecule has 0 fully saturated rings. The van der Waals surface area contributed by atoms with Crippen molar-refractivity contribution in [3.8, 4) is 5.75 Å². The summed E-state index contributed by atoms with van der Waals surface area (Å²) in [5.41, 5.74) is 0.707. The van der Waals surface area contributed by atoms with E-state index in [4.69, 9.17) is 16.3 Å². The fourth-order valence-corrected chi connectivity index (χ4v) is 1.62. The summed E-state index contributed by atoms with van der Waals surface area (Å²) in [6, 6.07) is 4.90. The lowest BCUT2D eigenvalue weighted by Crippen LogP contribution is -2.03. The lowest BCUT2D eigenvalue weighted by molar-refractivity contribution is 0.293. The molecule has 1 heterocycles. The number of halogens is 3. The molecule has 0 saturated heterocycles. The van der Waals surface area contributed by atoms with E-state index >= 15 is 0 Å². The second-order valence-electron chi connectivity index (χ2n) is 3.61. The van der Waals surface area contributed by atoms with Crippen molar-refractivity contribution in [3.63, 3.8) is 0 Å². The maximum absolute atomic E-state index is 12.9. The first-order chi connectivity index (χ1) is 8.54. The minimum absolute atomic E-state index is 0.0342. The van der Waals surface area contributed by atoms with E-state index in [0.717, 1.165) is 12.1 Å². The average Bonchev–Trinajstić information content (AvgIpc) is 2.29. The van der Waals surface area contributed by atoms with Crippen LogP contribution in [0.15, 0.2) is 24.3 Å². The van der Waals surface area contributed by atoms with Crippen molar-refractivity contribution < 1.29 is 13.5 Å². The third-order valence-corrected chi connectivity index (χ3v) is 2.32. The summed E-state index contributed by atoms with van der Waals surface area (Å²) in [5.74, 6) is -1.30. The highest BCUT2D eigenvalue weighted by atomic mass is 35.5. The fraction of sp³-hybridized carbons (Fsp3) is 0.167. The van der Waals surface area contributed by atoms with E-state index in [0.29, 0.717) is 16.7 Å². The maximum atomic E-state index is 12.9. The van der Waals surface area contributed by atoms with Gasteiger partial charge in [-0.25, -0.2) is 18.7 Å². The van der Waals surface area contributed by atoms with Gasteiger partial charge in [-0.05, 0) is 25.1 Å². The predicted octanol–water partition coefficient (Wildman–Crippen LogP) is 3.30. The van der Waals surface area contributed by atoms with E-state index in [1.54, 1.807) is 13.0 Å². The zero-order valence-electron chi connectivity index (χ0n) is 9.45. The Balaban J connectivity index is 2.08. The molecular formula is C12H9ClF2N2O. The number of ether oxygens (including phenoxy) is 1. The molecule has 0 aliphatic rings. The zero-order valence-corrected chi connectivity index (χ0v) is 10.2. The van der Waals surface area contributed by atoms with Gasteiger partial charge in [0.25, 0.3) is 0 Å². The van der Waals surface area contributed by atoms with Gasteiger partial charge in [0.05, 0.1) is 0 Å². The molecule has 18 heavy (non-hydrogen) atoms. The number of rotatable bonds is 3. The van der Waals surface area contributed by atoms with Crippen LogP contribution in [-0.2, 0) is 6.61 Å². The Kier molecular flexibility index (Phi) is 3.72. The van der Waals surface area contributed by atoms with Gasteiger partial charge in [0.1, 0.15) is 17.5 Å². The van der Waals surface area contributed by atoms with E-state index < -0.39 is 11.6 Å². The first kappa shape index (κ1) is 12.7. The molecule has 6 heteroatoms. The van der Waals surface area contributed by atoms with Crippen LogP contribution >= 0.6 is 11.6 Å². The molecule has 0 aliphatic carbocycles. The van der Waals surface area contributed by atoms with Gasteiger partial charge in [-0.1, -0.05) is 11.6 Å². The Labute approximate surface area is 107 Å². The van der Waals surface area contributed by atoms with E-state index in [1.165, 1.54) is 6.07 Å². The molecule has 0 radical (unpaired) electrons. The first-order valence-corrected chi connectivity index (χ1v) is 5.50. The van der Waals surface area contributed by atoms with Gasteiger partial charge < -0.3 is 4.74 Å². The summed E-state index contributed by atoms with van der Waals surface area (Å²) in [4.78, 5) is 8.05. The Morgan fingerprint density at radius 2 is 1.94 bits per heavy atom. The second kappa shape index (κ2) is 5.27. The summed E-state index contributed by atoms with van der Waals surface area (Å²) in [6.07, 6.45) is 0. The molecule has 0 atom stereocenters. The number of benzene rings is 1. The Bertz CT molecular complexity index is 558. The molecule has 1 aromatic carbocycles. The third kappa shape index (κ3) is 3.13. The molecule has 3 nitrogen and oxygen atoms in total. The fourth-order valence-electron chi connectivity index (χ4n) is 1.37. The van der Waals surface area contributed by atoms with E-state index in [9.17, 15) is 8.78 Å². The number of aryl methyl sites for hydroxylation is 1. The molecule has 0 N–H and O–H groups in total. The smallest absolute Gasteiger partial charge is 0.167 e. The number of nitrogens with zero attached hydrogens (tertiary/aromatic N) is 2. The topological polar surface area (TPSA) is 35.0 Å². The highest BCUT2D eigenvalue weighted by molar-refractivity contribution is 6.29. The Morgan fingerprint density at radius 1 is 1.17 bits per heavy atom. The summed E-state index contributed by atoms with van der Waals surface area (Å²) in [6.45, 7) is 1.81. The number of hydrogen-bond acceptors (Lipinski definition) is 3. The van der Waals surface area contributed by atoms with Crippen LogP contribution in [-0.4, -0.2) is 9.97 Å². The van der Waals surface area contributed by atoms with Crippen LogP contribution in [0.3, 0.4) is 0 Å². The molecule has 0 aliphatic heterocycles. The molecule has 1 aromatic heterocycles. The quantitative estimate of drug-likeness (QED) is 0.803. The van der Waals surface area contributed by atoms with Crippen LogP contribution in [0.2, 0.25) is 5.15 Å². The van der Waals surface area contributed by atoms with Gasteiger partial charge in [-0.3, -0.25) is 0 Å². The molecule has 94 valence electrons. The third-order valence-electron chi connectivity index (χ3n) is 2.13. The van der Waals surface area contributed by atoms with Crippen LogP contribution in [0.25, 0.3) is 0 Å². The normalized spacial score (nSPS) is 10.4. The van der Waals surface area contributed by atoms with E-state index in [2.05, 4.69) is 9.97 Å². The highest BCUT2D eigenvalue weighted by Crippen LogP contribution is 2.16. The van der Waals surface area contributed by atoms with Crippen molar-refractivity contribution in [1.82, 2.24) is 9.97 Å². The SMILES string of the molecule is Cc1cc(Cl)nc(COc2ccc(F)c(F)c2)n1. The Hall–Kier alpha value is -1.75. The summed E-state index contributed by atoms with van der Waals surface area (Å²) in [5, 5.41) is 0.311. The molecule has 0 unspecified atom stereocenters. The van der Waals surface area contributed by atoms with E-state index in [1.807, 2.05) is 0 Å². The van der Waals surface area contributed by atoms with Crippen LogP contribution in [0.4, 0.5) is 8.78 Å². The van der Waals surface area contributed by atoms with Crippen LogP contribution < -0.4 is 4.74 Å². The molecule has 0 amide bonds. The van der Waals surface area contributed by atoms with Crippen molar-refractivity contribution in [1.29, 1.82) is 0 Å². The number of aromatic nitrogens is 2. The maximum Gasteiger partial charge on any atom is 0.167 e. The zero-order chi connectivity index (χ0) is 13.1. The van der Waals surface area contributed by atoms with E-state index in [-0.39, 0.29) is 12.4 Å². The monoisotopic (exact) mass is 270 g/mol. The van der Waals surface area contributed by atoms with Crippen molar-refractivity contribution in [2.75, 3.05) is 0 Å². The standard InChI is InChI=1S/C12H9ClF2N2O/c1-7-4-11(13)17-12(16-7)6-18-8-2-3-9(14)10(15)5-8/h2-5H,6H2,1H3. The molecular weight excluding hydrogens is 262 g/mol. The predicted molar refractivity (Wildman–Crippen MR) is 62.5 cm³/mol. The lowest BCUT2D eigenvalue weighted by Gasteiger charge is -2.06. The van der Waals surface area contributed by atoms with Crippen molar-refractivity contribution in [2.45, 2.75) is 13.5 Å². The summed E-state index contributed by atoms with van der Waals surface area (Å²) < 4.78 is 30.9. The van der Waals surface area contributed by atoms with Crippen molar-refractivity contribution in [2.24, 2.45) is 0 Å². The highest BCUT2D eigenvalue weighted by Gasteiger charge is 2.05. The molecule has 0 spiro atoms.